The monoisotopic (exact) mass is 289 g/mol. The summed E-state index contributed by atoms with van der Waals surface area (Å²) in [5, 5.41) is 3.81. The van der Waals surface area contributed by atoms with Crippen molar-refractivity contribution in [3.8, 4) is 0 Å². The third-order valence-electron chi connectivity index (χ3n) is 3.10. The maximum absolute atomic E-state index is 12.5. The van der Waals surface area contributed by atoms with Crippen molar-refractivity contribution in [2.45, 2.75) is 26.4 Å². The molecular weight excluding hydrogens is 272 g/mol. The molecule has 0 bridgehead atoms. The van der Waals surface area contributed by atoms with Gasteiger partial charge in [0.05, 0.1) is 6.21 Å². The molecule has 0 aromatic heterocycles. The Hall–Kier alpha value is -2.23. The molecule has 0 saturated heterocycles. The summed E-state index contributed by atoms with van der Waals surface area (Å²) in [6, 6.07) is 14.1. The van der Waals surface area contributed by atoms with Crippen LogP contribution in [0.25, 0.3) is 0 Å². The highest BCUT2D eigenvalue weighted by Gasteiger charge is 2.05. The van der Waals surface area contributed by atoms with E-state index in [0.29, 0.717) is 12.2 Å². The number of alkyl halides is 2. The van der Waals surface area contributed by atoms with Gasteiger partial charge in [-0.3, -0.25) is 0 Å². The summed E-state index contributed by atoms with van der Waals surface area (Å²) in [4.78, 5) is 5.18. The summed E-state index contributed by atoms with van der Waals surface area (Å²) in [6.45, 7) is 2.46. The van der Waals surface area contributed by atoms with Crippen LogP contribution in [0.2, 0.25) is 0 Å². The van der Waals surface area contributed by atoms with Gasteiger partial charge in [0.2, 0.25) is 0 Å². The van der Waals surface area contributed by atoms with Gasteiger partial charge in [-0.1, -0.05) is 54.5 Å². The van der Waals surface area contributed by atoms with Crippen LogP contribution >= 0.6 is 0 Å². The van der Waals surface area contributed by atoms with E-state index in [0.717, 1.165) is 12.0 Å². The molecule has 4 heteroatoms. The maximum Gasteiger partial charge on any atom is 0.263 e. The summed E-state index contributed by atoms with van der Waals surface area (Å²) in [7, 11) is 0. The van der Waals surface area contributed by atoms with Crippen LogP contribution in [0.1, 0.15) is 35.6 Å². The molecule has 0 radical (unpaired) electrons. The van der Waals surface area contributed by atoms with Crippen LogP contribution in [0.15, 0.2) is 53.7 Å². The van der Waals surface area contributed by atoms with Crippen LogP contribution in [0.3, 0.4) is 0 Å². The summed E-state index contributed by atoms with van der Waals surface area (Å²) >= 11 is 0. The summed E-state index contributed by atoms with van der Waals surface area (Å²) < 4.78 is 25.1. The minimum absolute atomic E-state index is 0.0193. The molecule has 0 spiro atoms. The number of halogens is 2. The molecular formula is C17H17F2NO. The zero-order valence-corrected chi connectivity index (χ0v) is 11.8. The molecule has 2 rings (SSSR count). The Morgan fingerprint density at radius 1 is 1.10 bits per heavy atom. The van der Waals surface area contributed by atoms with E-state index in [1.54, 1.807) is 12.1 Å². The number of nitrogens with zero attached hydrogens (tertiary/aromatic N) is 1. The normalized spacial score (nSPS) is 11.2. The highest BCUT2D eigenvalue weighted by molar-refractivity contribution is 5.79. The zero-order chi connectivity index (χ0) is 15.1. The second-order valence-corrected chi connectivity index (χ2v) is 4.65. The standard InChI is InChI=1S/C17H17F2NO/c1-2-13-6-8-14(9-7-13)12-21-20-11-15-4-3-5-16(10-15)17(18)19/h3-11,17H,2,12H2,1H3. The molecule has 0 saturated carbocycles. The minimum atomic E-state index is -2.48. The van der Waals surface area contributed by atoms with Crippen LogP contribution in [0.4, 0.5) is 8.78 Å². The van der Waals surface area contributed by atoms with Gasteiger partial charge in [0.1, 0.15) is 6.61 Å². The molecule has 0 atom stereocenters. The quantitative estimate of drug-likeness (QED) is 0.556. The van der Waals surface area contributed by atoms with Crippen molar-refractivity contribution in [2.24, 2.45) is 5.16 Å². The van der Waals surface area contributed by atoms with E-state index in [4.69, 9.17) is 4.84 Å². The number of hydrogen-bond donors (Lipinski definition) is 0. The number of benzene rings is 2. The van der Waals surface area contributed by atoms with Crippen LogP contribution in [0, 0.1) is 0 Å². The van der Waals surface area contributed by atoms with Gasteiger partial charge in [-0.05, 0) is 29.2 Å². The molecule has 110 valence electrons. The van der Waals surface area contributed by atoms with Gasteiger partial charge in [0, 0.05) is 5.56 Å². The van der Waals surface area contributed by atoms with E-state index in [-0.39, 0.29) is 5.56 Å². The smallest absolute Gasteiger partial charge is 0.263 e. The van der Waals surface area contributed by atoms with Crippen LogP contribution < -0.4 is 0 Å². The lowest BCUT2D eigenvalue weighted by atomic mass is 10.1. The van der Waals surface area contributed by atoms with Crippen molar-refractivity contribution in [1.29, 1.82) is 0 Å². The summed E-state index contributed by atoms with van der Waals surface area (Å²) in [5.74, 6) is 0. The van der Waals surface area contributed by atoms with Crippen molar-refractivity contribution < 1.29 is 13.6 Å². The molecule has 0 aliphatic rings. The first-order chi connectivity index (χ1) is 10.2. The Kier molecular flexibility index (Phi) is 5.43. The van der Waals surface area contributed by atoms with E-state index in [1.807, 2.05) is 12.1 Å². The Labute approximate surface area is 123 Å². The molecule has 0 aliphatic heterocycles. The van der Waals surface area contributed by atoms with Gasteiger partial charge >= 0.3 is 0 Å². The predicted octanol–water partition coefficient (Wildman–Crippen LogP) is 4.74. The Morgan fingerprint density at radius 2 is 1.81 bits per heavy atom. The van der Waals surface area contributed by atoms with Crippen molar-refractivity contribution in [3.63, 3.8) is 0 Å². The van der Waals surface area contributed by atoms with E-state index < -0.39 is 6.43 Å². The van der Waals surface area contributed by atoms with Crippen molar-refractivity contribution in [3.05, 3.63) is 70.8 Å². The highest BCUT2D eigenvalue weighted by atomic mass is 19.3. The average molecular weight is 289 g/mol. The molecule has 0 fully saturated rings. The second-order valence-electron chi connectivity index (χ2n) is 4.65. The molecule has 0 N–H and O–H groups in total. The van der Waals surface area contributed by atoms with Gasteiger partial charge in [0.25, 0.3) is 6.43 Å². The van der Waals surface area contributed by atoms with Crippen molar-refractivity contribution >= 4 is 6.21 Å². The third kappa shape index (κ3) is 4.67. The second kappa shape index (κ2) is 7.53. The van der Waals surface area contributed by atoms with Crippen LogP contribution in [0.5, 0.6) is 0 Å². The molecule has 2 aromatic carbocycles. The van der Waals surface area contributed by atoms with Crippen molar-refractivity contribution in [1.82, 2.24) is 0 Å². The number of aryl methyl sites for hydroxylation is 1. The lowest BCUT2D eigenvalue weighted by Gasteiger charge is -2.02. The van der Waals surface area contributed by atoms with E-state index in [2.05, 4.69) is 24.2 Å². The molecule has 0 aliphatic carbocycles. The van der Waals surface area contributed by atoms with Crippen molar-refractivity contribution in [2.75, 3.05) is 0 Å². The first kappa shape index (κ1) is 15.2. The predicted molar refractivity (Wildman–Crippen MR) is 79.6 cm³/mol. The molecule has 21 heavy (non-hydrogen) atoms. The Bertz CT molecular complexity index is 594. The van der Waals surface area contributed by atoms with Crippen LogP contribution in [-0.4, -0.2) is 6.21 Å². The van der Waals surface area contributed by atoms with E-state index >= 15 is 0 Å². The first-order valence-corrected chi connectivity index (χ1v) is 6.80. The van der Waals surface area contributed by atoms with E-state index in [9.17, 15) is 8.78 Å². The largest absolute Gasteiger partial charge is 0.391 e. The zero-order valence-electron chi connectivity index (χ0n) is 11.8. The number of oxime groups is 1. The summed E-state index contributed by atoms with van der Waals surface area (Å²) in [5.41, 5.74) is 2.86. The molecule has 0 unspecified atom stereocenters. The van der Waals surface area contributed by atoms with E-state index in [1.165, 1.54) is 23.9 Å². The van der Waals surface area contributed by atoms with Gasteiger partial charge in [-0.2, -0.15) is 0 Å². The highest BCUT2D eigenvalue weighted by Crippen LogP contribution is 2.18. The maximum atomic E-state index is 12.5. The molecule has 0 heterocycles. The first-order valence-electron chi connectivity index (χ1n) is 6.80. The average Bonchev–Trinajstić information content (AvgIpc) is 2.52. The minimum Gasteiger partial charge on any atom is -0.391 e. The van der Waals surface area contributed by atoms with Gasteiger partial charge in [-0.15, -0.1) is 0 Å². The number of hydrogen-bond acceptors (Lipinski definition) is 2. The summed E-state index contributed by atoms with van der Waals surface area (Å²) in [6.07, 6.45) is -0.0390. The molecule has 2 nitrogen and oxygen atoms in total. The van der Waals surface area contributed by atoms with Gasteiger partial charge < -0.3 is 4.84 Å². The fourth-order valence-electron chi connectivity index (χ4n) is 1.86. The van der Waals surface area contributed by atoms with Gasteiger partial charge in [-0.25, -0.2) is 8.78 Å². The SMILES string of the molecule is CCc1ccc(CON=Cc2cccc(C(F)F)c2)cc1. The fourth-order valence-corrected chi connectivity index (χ4v) is 1.86. The third-order valence-corrected chi connectivity index (χ3v) is 3.10. The molecule has 2 aromatic rings. The topological polar surface area (TPSA) is 21.6 Å². The lowest BCUT2D eigenvalue weighted by molar-refractivity contribution is 0.132. The fraction of sp³-hybridized carbons (Fsp3) is 0.235. The Morgan fingerprint density at radius 3 is 2.48 bits per heavy atom. The molecule has 0 amide bonds. The Balaban J connectivity index is 1.88. The number of rotatable bonds is 6. The van der Waals surface area contributed by atoms with Gasteiger partial charge in [0.15, 0.2) is 0 Å². The van der Waals surface area contributed by atoms with Crippen LogP contribution in [-0.2, 0) is 17.9 Å². The lowest BCUT2D eigenvalue weighted by Crippen LogP contribution is -1.90.